The number of nitrogen functional groups attached to an aromatic ring is 1. The molecule has 0 radical (unpaired) electrons. The molecule has 1 heterocycles. The van der Waals surface area contributed by atoms with Crippen LogP contribution in [0.1, 0.15) is 38.2 Å². The number of benzene rings is 1. The summed E-state index contributed by atoms with van der Waals surface area (Å²) >= 11 is 0. The van der Waals surface area contributed by atoms with Crippen molar-refractivity contribution in [2.24, 2.45) is 5.73 Å². The van der Waals surface area contributed by atoms with Crippen LogP contribution < -0.4 is 11.5 Å². The van der Waals surface area contributed by atoms with Crippen molar-refractivity contribution in [1.29, 1.82) is 0 Å². The summed E-state index contributed by atoms with van der Waals surface area (Å²) in [5.74, 6) is 0.437. The summed E-state index contributed by atoms with van der Waals surface area (Å²) in [5.41, 5.74) is 14.6. The average Bonchev–Trinajstić information content (AvgIpc) is 2.59. The van der Waals surface area contributed by atoms with Gasteiger partial charge in [-0.2, -0.15) is 0 Å². The minimum absolute atomic E-state index is 0.174. The lowest BCUT2D eigenvalue weighted by atomic mass is 9.97. The maximum absolute atomic E-state index is 10.8. The van der Waals surface area contributed by atoms with Crippen LogP contribution in [-0.4, -0.2) is 36.4 Å². The highest BCUT2D eigenvalue weighted by Crippen LogP contribution is 2.21. The van der Waals surface area contributed by atoms with Crippen LogP contribution in [0.4, 0.5) is 5.69 Å². The van der Waals surface area contributed by atoms with Gasteiger partial charge in [-0.1, -0.05) is 37.3 Å². The number of likely N-dealkylation sites (tertiary alicyclic amines) is 1. The number of Topliss-reactive ketones (excluding diaryl/α,β-unsaturated/α-hetero) is 1. The van der Waals surface area contributed by atoms with Gasteiger partial charge < -0.3 is 16.4 Å². The molecule has 24 heavy (non-hydrogen) atoms. The summed E-state index contributed by atoms with van der Waals surface area (Å²) in [6, 6.07) is 8.06. The van der Waals surface area contributed by atoms with E-state index in [1.807, 2.05) is 30.3 Å². The van der Waals surface area contributed by atoms with Crippen LogP contribution in [0.2, 0.25) is 0 Å². The number of piperidine rings is 1. The normalized spacial score (nSPS) is 21.0. The van der Waals surface area contributed by atoms with E-state index in [2.05, 4.69) is 24.0 Å². The van der Waals surface area contributed by atoms with Crippen LogP contribution in [0.3, 0.4) is 0 Å². The first kappa shape index (κ1) is 18.4. The maximum Gasteiger partial charge on any atom is 0.135 e. The number of carbonyl (C=O) groups excluding carboxylic acids is 1. The third kappa shape index (κ3) is 5.95. The number of anilines is 1. The molecule has 0 amide bonds. The molecule has 3 rings (SSSR count). The Bertz CT molecular complexity index is 579. The first-order valence-corrected chi connectivity index (χ1v) is 8.82. The first-order chi connectivity index (χ1) is 11.6. The van der Waals surface area contributed by atoms with Gasteiger partial charge in [0.25, 0.3) is 0 Å². The Morgan fingerprint density at radius 1 is 1.17 bits per heavy atom. The molecule has 1 unspecified atom stereocenters. The van der Waals surface area contributed by atoms with Crippen molar-refractivity contribution in [3.63, 3.8) is 0 Å². The molecule has 1 aliphatic heterocycles. The molecule has 4 nitrogen and oxygen atoms in total. The summed E-state index contributed by atoms with van der Waals surface area (Å²) in [5, 5.41) is 0. The van der Waals surface area contributed by atoms with E-state index in [0.717, 1.165) is 44.6 Å². The summed E-state index contributed by atoms with van der Waals surface area (Å²) in [6.45, 7) is 5.32. The number of rotatable bonds is 3. The Morgan fingerprint density at radius 2 is 1.83 bits per heavy atom. The second-order valence-electron chi connectivity index (χ2n) is 6.42. The van der Waals surface area contributed by atoms with Crippen LogP contribution in [0.5, 0.6) is 0 Å². The van der Waals surface area contributed by atoms with Gasteiger partial charge in [0.05, 0.1) is 0 Å². The number of ketones is 1. The maximum atomic E-state index is 10.8. The predicted molar refractivity (Wildman–Crippen MR) is 102 cm³/mol. The zero-order valence-electron chi connectivity index (χ0n) is 14.6. The van der Waals surface area contributed by atoms with E-state index in [9.17, 15) is 4.79 Å². The van der Waals surface area contributed by atoms with Crippen molar-refractivity contribution in [2.75, 3.05) is 25.4 Å². The van der Waals surface area contributed by atoms with Gasteiger partial charge in [-0.25, -0.2) is 0 Å². The summed E-state index contributed by atoms with van der Waals surface area (Å²) in [7, 11) is 0. The Morgan fingerprint density at radius 3 is 2.38 bits per heavy atom. The van der Waals surface area contributed by atoms with Crippen LogP contribution in [-0.2, 0) is 4.79 Å². The molecule has 4 heteroatoms. The largest absolute Gasteiger partial charge is 0.399 e. The number of allylic oxidation sites excluding steroid dienone is 2. The molecule has 1 aromatic rings. The number of carbonyl (C=O) groups is 1. The van der Waals surface area contributed by atoms with Crippen LogP contribution >= 0.6 is 0 Å². The molecule has 130 valence electrons. The van der Waals surface area contributed by atoms with E-state index in [0.29, 0.717) is 5.78 Å². The quantitative estimate of drug-likeness (QED) is 0.837. The Kier molecular flexibility index (Phi) is 7.22. The van der Waals surface area contributed by atoms with Crippen molar-refractivity contribution in [2.45, 2.75) is 38.6 Å². The summed E-state index contributed by atoms with van der Waals surface area (Å²) in [4.78, 5) is 13.1. The minimum Gasteiger partial charge on any atom is -0.399 e. The summed E-state index contributed by atoms with van der Waals surface area (Å²) in [6.07, 6.45) is 9.94. The lowest BCUT2D eigenvalue weighted by Crippen LogP contribution is -2.34. The van der Waals surface area contributed by atoms with Gasteiger partial charge >= 0.3 is 0 Å². The van der Waals surface area contributed by atoms with E-state index < -0.39 is 0 Å². The average molecular weight is 327 g/mol. The van der Waals surface area contributed by atoms with Crippen molar-refractivity contribution < 1.29 is 4.79 Å². The van der Waals surface area contributed by atoms with E-state index in [1.165, 1.54) is 17.6 Å². The molecule has 0 aromatic heterocycles. The highest BCUT2D eigenvalue weighted by atomic mass is 16.1. The fraction of sp³-hybridized carbons (Fsp3) is 0.450. The molecule has 1 atom stereocenters. The smallest absolute Gasteiger partial charge is 0.135 e. The molecule has 4 N–H and O–H groups in total. The fourth-order valence-corrected chi connectivity index (χ4v) is 2.87. The number of nitrogens with two attached hydrogens (primary N) is 2. The molecule has 1 saturated heterocycles. The van der Waals surface area contributed by atoms with Gasteiger partial charge in [0, 0.05) is 37.7 Å². The Hall–Kier alpha value is -1.91. The second kappa shape index (κ2) is 9.40. The molecule has 1 aliphatic carbocycles. The van der Waals surface area contributed by atoms with Crippen LogP contribution in [0, 0.1) is 0 Å². The monoisotopic (exact) mass is 327 g/mol. The minimum atomic E-state index is 0.174. The number of hydrogen-bond acceptors (Lipinski definition) is 4. The first-order valence-electron chi connectivity index (χ1n) is 8.82. The molecule has 0 saturated carbocycles. The lowest BCUT2D eigenvalue weighted by molar-refractivity contribution is -0.121. The highest BCUT2D eigenvalue weighted by Gasteiger charge is 2.14. The fourth-order valence-electron chi connectivity index (χ4n) is 2.87. The van der Waals surface area contributed by atoms with Gasteiger partial charge in [0.2, 0.25) is 0 Å². The van der Waals surface area contributed by atoms with Crippen LogP contribution in [0.15, 0.2) is 42.5 Å². The van der Waals surface area contributed by atoms with E-state index in [1.54, 1.807) is 0 Å². The van der Waals surface area contributed by atoms with Gasteiger partial charge in [-0.15, -0.1) is 0 Å². The number of hydrogen-bond donors (Lipinski definition) is 2. The Labute approximate surface area is 145 Å². The molecular formula is C20H29N3O. The van der Waals surface area contributed by atoms with Gasteiger partial charge in [0.15, 0.2) is 0 Å². The standard InChI is InChI=1S/C12H14N2.C8H15NO/c13-11-5-1-9(2-6-11)10-3-7-12(14)8-4-10;1-2-5-9-6-3-8(10)4-7-9/h1-7,12H,8,13-14H2;2-7H2,1H3. The van der Waals surface area contributed by atoms with Crippen molar-refractivity contribution >= 4 is 17.0 Å². The molecule has 1 fully saturated rings. The van der Waals surface area contributed by atoms with E-state index in [-0.39, 0.29) is 6.04 Å². The molecule has 0 bridgehead atoms. The van der Waals surface area contributed by atoms with Gasteiger partial charge in [0.1, 0.15) is 5.78 Å². The van der Waals surface area contributed by atoms with Crippen molar-refractivity contribution in [3.8, 4) is 0 Å². The highest BCUT2D eigenvalue weighted by molar-refractivity contribution is 5.79. The second-order valence-corrected chi connectivity index (χ2v) is 6.42. The zero-order valence-corrected chi connectivity index (χ0v) is 14.6. The third-order valence-corrected chi connectivity index (χ3v) is 4.33. The molecular weight excluding hydrogens is 298 g/mol. The Balaban J connectivity index is 0.000000185. The zero-order chi connectivity index (χ0) is 17.4. The SMILES string of the molecule is CCCN1CCC(=O)CC1.Nc1ccc(C2=CCC(N)C=C2)cc1. The number of nitrogens with zero attached hydrogens (tertiary/aromatic N) is 1. The van der Waals surface area contributed by atoms with Gasteiger partial charge in [-0.05, 0) is 42.7 Å². The lowest BCUT2D eigenvalue weighted by Gasteiger charge is -2.24. The van der Waals surface area contributed by atoms with Crippen molar-refractivity contribution in [3.05, 3.63) is 48.1 Å². The third-order valence-electron chi connectivity index (χ3n) is 4.33. The van der Waals surface area contributed by atoms with Crippen LogP contribution in [0.25, 0.3) is 5.57 Å². The van der Waals surface area contributed by atoms with E-state index >= 15 is 0 Å². The summed E-state index contributed by atoms with van der Waals surface area (Å²) < 4.78 is 0. The van der Waals surface area contributed by atoms with Gasteiger partial charge in [-0.3, -0.25) is 4.79 Å². The molecule has 2 aliphatic rings. The molecule has 1 aromatic carbocycles. The predicted octanol–water partition coefficient (Wildman–Crippen LogP) is 3.00. The van der Waals surface area contributed by atoms with Crippen molar-refractivity contribution in [1.82, 2.24) is 4.90 Å². The molecule has 0 spiro atoms. The topological polar surface area (TPSA) is 72.3 Å². The van der Waals surface area contributed by atoms with E-state index in [4.69, 9.17) is 11.5 Å².